The van der Waals surface area contributed by atoms with Crippen LogP contribution in [0.15, 0.2) is 12.2 Å². The Balaban J connectivity index is 1.11. The zero-order chi connectivity index (χ0) is 77.4. The first-order valence-corrected chi connectivity index (χ1v) is 40.1. The lowest BCUT2D eigenvalue weighted by molar-refractivity contribution is -0.161. The molecule has 4 aliphatic heterocycles. The lowest BCUT2D eigenvalue weighted by Gasteiger charge is -2.54. The van der Waals surface area contributed by atoms with Gasteiger partial charge in [0.05, 0.1) is 25.2 Å². The van der Waals surface area contributed by atoms with Crippen LogP contribution in [-0.4, -0.2) is 282 Å². The van der Waals surface area contributed by atoms with Crippen molar-refractivity contribution in [2.45, 2.75) is 287 Å². The summed E-state index contributed by atoms with van der Waals surface area (Å²) in [6.07, 6.45) is 12.3. The third-order valence-electron chi connectivity index (χ3n) is 25.4. The van der Waals surface area contributed by atoms with Crippen LogP contribution in [0.4, 0.5) is 4.39 Å². The number of carbonyl (C=O) groups excluding carboxylic acids is 12. The number of halogens is 1. The topological polar surface area (TPSA) is 289 Å². The molecule has 4 unspecified atom stereocenters. The minimum absolute atomic E-state index is 0.0285. The summed E-state index contributed by atoms with van der Waals surface area (Å²) < 4.78 is 28.1. The summed E-state index contributed by atoms with van der Waals surface area (Å²) in [5.41, 5.74) is -2.07. The molecule has 5 aliphatic carbocycles. The predicted octanol–water partition coefficient (Wildman–Crippen LogP) is 5.62. The maximum Gasteiger partial charge on any atom is 0.248 e. The van der Waals surface area contributed by atoms with Crippen LogP contribution >= 0.6 is 0 Å². The number of hydrogen-bond donors (Lipinski definition) is 3. The zero-order valence-electron chi connectivity index (χ0n) is 66.1. The van der Waals surface area contributed by atoms with Crippen LogP contribution in [0.2, 0.25) is 0 Å². The van der Waals surface area contributed by atoms with Crippen molar-refractivity contribution in [3.63, 3.8) is 0 Å². The third kappa shape index (κ3) is 19.4. The van der Waals surface area contributed by atoms with E-state index in [2.05, 4.69) is 22.9 Å². The molecule has 14 atom stereocenters. The van der Waals surface area contributed by atoms with Gasteiger partial charge < -0.3 is 69.5 Å². The van der Waals surface area contributed by atoms with Gasteiger partial charge in [-0.25, -0.2) is 4.39 Å². The van der Waals surface area contributed by atoms with Gasteiger partial charge >= 0.3 is 0 Å². The van der Waals surface area contributed by atoms with E-state index in [4.69, 9.17) is 9.47 Å². The fraction of sp³-hybridized carbons (Fsp3) is 0.823. The van der Waals surface area contributed by atoms with E-state index in [-0.39, 0.29) is 107 Å². The maximum atomic E-state index is 16.0. The lowest BCUT2D eigenvalue weighted by atomic mass is 9.58. The van der Waals surface area contributed by atoms with Crippen molar-refractivity contribution in [3.05, 3.63) is 12.2 Å². The van der Waals surface area contributed by atoms with Gasteiger partial charge in [0.25, 0.3) is 0 Å². The molecule has 12 amide bonds. The number of fused-ring (bicyclic) bond motifs is 4. The van der Waals surface area contributed by atoms with E-state index >= 15 is 42.7 Å². The van der Waals surface area contributed by atoms with Crippen molar-refractivity contribution >= 4 is 70.9 Å². The molecule has 0 aromatic heterocycles. The minimum Gasteiger partial charge on any atom is -0.378 e. The Hall–Kier alpha value is -6.77. The zero-order valence-corrected chi connectivity index (χ0v) is 66.1. The molecule has 9 rings (SSSR count). The van der Waals surface area contributed by atoms with Crippen LogP contribution in [0.3, 0.4) is 0 Å². The lowest BCUT2D eigenvalue weighted by Crippen LogP contribution is -2.71. The summed E-state index contributed by atoms with van der Waals surface area (Å²) in [6.45, 7) is 13.3. The first-order valence-electron chi connectivity index (χ1n) is 40.1. The molecule has 2 bridgehead atoms. The monoisotopic (exact) mass is 1490 g/mol. The number of carbonyl (C=O) groups is 12. The van der Waals surface area contributed by atoms with Crippen molar-refractivity contribution in [2.75, 3.05) is 88.7 Å². The molecule has 26 nitrogen and oxygen atoms in total. The molecular weight excluding hydrogens is 1360 g/mol. The molecule has 1 spiro atoms. The van der Waals surface area contributed by atoms with E-state index in [1.54, 1.807) is 11.8 Å². The Morgan fingerprint density at radius 2 is 1.38 bits per heavy atom. The average molecular weight is 1490 g/mol. The number of nitrogens with one attached hydrogen (secondary N) is 3. The molecule has 8 fully saturated rings. The number of nitrogens with zero attached hydrogens (tertiary/aromatic N) is 9. The highest BCUT2D eigenvalue weighted by Gasteiger charge is 2.59. The summed E-state index contributed by atoms with van der Waals surface area (Å²) >= 11 is 0. The highest BCUT2D eigenvalue weighted by molar-refractivity contribution is 6.01. The Bertz CT molecular complexity index is 3200. The Morgan fingerprint density at radius 1 is 0.689 bits per heavy atom. The molecule has 0 aromatic carbocycles. The van der Waals surface area contributed by atoms with Crippen LogP contribution in [0.25, 0.3) is 0 Å². The van der Waals surface area contributed by atoms with Gasteiger partial charge in [-0.3, -0.25) is 57.5 Å². The molecule has 3 N–H and O–H groups in total. The molecule has 0 radical (unpaired) electrons. The SMILES string of the molecule is CCC[C@H]1C(=O)N[C@@H]([C@@H](C)CC)C(=O)N(C2CC2)CC(=O)N(C)[C@H]2C/C=C\CCN(C2=O)[C@@H](CC2CCC(C)CC2)C(=O)N(C)CC(=O)N[C@@H](CCC2CC(F)C3CCOC3C2)C(=O)N2C[C@H](OCC)C[C@H]2C(=O)NC2(CC(C)(C)C2)C(=O)N(C)[C@@H](C2CCCC2)C(=O)N(C)[C@H](C(=O)N(C)C)CC(=O)N1C. The van der Waals surface area contributed by atoms with E-state index < -0.39 is 168 Å². The largest absolute Gasteiger partial charge is 0.378 e. The molecule has 106 heavy (non-hydrogen) atoms. The van der Waals surface area contributed by atoms with Gasteiger partial charge in [-0.1, -0.05) is 105 Å². The molecule has 4 heterocycles. The van der Waals surface area contributed by atoms with E-state index in [0.29, 0.717) is 76.7 Å². The van der Waals surface area contributed by atoms with E-state index in [0.717, 1.165) is 38.5 Å². The first kappa shape index (κ1) is 83.3. The average Bonchev–Trinajstić information content (AvgIpc) is 0.955. The summed E-state index contributed by atoms with van der Waals surface area (Å²) in [6, 6.07) is -9.98. The van der Waals surface area contributed by atoms with Gasteiger partial charge in [0, 0.05) is 94.0 Å². The Labute approximate surface area is 628 Å². The standard InChI is InChI=1S/C79H127FN12O14/c1-15-23-58-69(96)82-67(49(5)16-2)75(102)91(53-32-33-53)45-66(95)87(12)59-26-19-18-22-36-90(74(59)101)62(39-50-29-27-48(4)28-30-50)73(100)85(10)44-64(93)81-57(34-31-51-38-56(80)55-35-37-106-63(55)40-51)71(98)92-43-54(105-17-3)41-60(92)70(97)83-79(46-78(6,7)47-79)77(104)89(14)68(52-24-20-21-25-52)76(103)88(13)61(72(99)84(8)9)42-65(94)86(58)11/h18-19,48-63,67-68H,15-17,20-47H2,1-14H3,(H,81,93)(H,82,96)(H,83,97)/b19-18-/t48?,49-,50?,51?,54+,55?,56?,57-,58-,59-,60-,61-,62-,63?,67-,68-/m0/s1. The predicted molar refractivity (Wildman–Crippen MR) is 396 cm³/mol. The molecule has 594 valence electrons. The van der Waals surface area contributed by atoms with Crippen molar-refractivity contribution < 1.29 is 71.4 Å². The van der Waals surface area contributed by atoms with E-state index in [9.17, 15) is 19.2 Å². The molecule has 27 heteroatoms. The molecule has 5 saturated carbocycles. The highest BCUT2D eigenvalue weighted by Crippen LogP contribution is 2.50. The van der Waals surface area contributed by atoms with Gasteiger partial charge in [0.15, 0.2) is 0 Å². The fourth-order valence-corrected chi connectivity index (χ4v) is 18.8. The number of amides is 12. The summed E-state index contributed by atoms with van der Waals surface area (Å²) in [5, 5.41) is 9.14. The Morgan fingerprint density at radius 3 is 2.01 bits per heavy atom. The van der Waals surface area contributed by atoms with Crippen LogP contribution in [0, 0.1) is 40.9 Å². The van der Waals surface area contributed by atoms with Crippen LogP contribution in [-0.2, 0) is 67.0 Å². The number of hydrogen-bond acceptors (Lipinski definition) is 14. The number of alkyl halides is 1. The van der Waals surface area contributed by atoms with Gasteiger partial charge in [0.1, 0.15) is 66.6 Å². The quantitative estimate of drug-likeness (QED) is 0.178. The minimum atomic E-state index is -1.59. The van der Waals surface area contributed by atoms with Crippen molar-refractivity contribution in [1.82, 2.24) is 60.0 Å². The van der Waals surface area contributed by atoms with Crippen molar-refractivity contribution in [1.29, 1.82) is 0 Å². The Kier molecular flexibility index (Phi) is 28.4. The van der Waals surface area contributed by atoms with Gasteiger partial charge in [-0.2, -0.15) is 0 Å². The van der Waals surface area contributed by atoms with Gasteiger partial charge in [0.2, 0.25) is 70.9 Å². The third-order valence-corrected chi connectivity index (χ3v) is 25.4. The number of ether oxygens (including phenoxy) is 2. The van der Waals surface area contributed by atoms with Crippen LogP contribution in [0.5, 0.6) is 0 Å². The second-order valence-corrected chi connectivity index (χ2v) is 34.1. The highest BCUT2D eigenvalue weighted by atomic mass is 19.1. The normalized spacial score (nSPS) is 33.7. The summed E-state index contributed by atoms with van der Waals surface area (Å²) in [5.74, 6) is -7.83. The molecule has 9 aliphatic rings. The smallest absolute Gasteiger partial charge is 0.248 e. The molecule has 0 aromatic rings. The van der Waals surface area contributed by atoms with E-state index in [1.807, 2.05) is 46.8 Å². The van der Waals surface area contributed by atoms with E-state index in [1.165, 1.54) is 88.5 Å². The summed E-state index contributed by atoms with van der Waals surface area (Å²) in [4.78, 5) is 196. The second kappa shape index (κ2) is 36.2. The van der Waals surface area contributed by atoms with Crippen molar-refractivity contribution in [3.8, 4) is 0 Å². The van der Waals surface area contributed by atoms with Gasteiger partial charge in [-0.15, -0.1) is 0 Å². The number of likely N-dealkylation sites (N-methyl/N-ethyl adjacent to an activating group) is 6. The number of rotatable bonds is 14. The second-order valence-electron chi connectivity index (χ2n) is 34.1. The summed E-state index contributed by atoms with van der Waals surface area (Å²) in [7, 11) is 10.5. The maximum absolute atomic E-state index is 16.0. The molecular formula is C79H127FN12O14. The van der Waals surface area contributed by atoms with Crippen LogP contribution < -0.4 is 16.0 Å². The van der Waals surface area contributed by atoms with Crippen molar-refractivity contribution in [2.24, 2.45) is 40.9 Å². The molecule has 3 saturated heterocycles. The first-order chi connectivity index (χ1) is 50.2. The van der Waals surface area contributed by atoms with Gasteiger partial charge in [-0.05, 0) is 138 Å². The fourth-order valence-electron chi connectivity index (χ4n) is 18.8. The van der Waals surface area contributed by atoms with Crippen LogP contribution in [0.1, 0.15) is 209 Å².